The molecule has 2 fully saturated rings. The maximum absolute atomic E-state index is 12.3. The maximum Gasteiger partial charge on any atom is 0.222 e. The molecule has 2 aliphatic heterocycles. The molecule has 1 N–H and O–H groups in total. The van der Waals surface area contributed by atoms with E-state index in [1.54, 1.807) is 0 Å². The van der Waals surface area contributed by atoms with E-state index < -0.39 is 0 Å². The number of unbranched alkanes of at least 4 members (excludes halogenated alkanes) is 1. The summed E-state index contributed by atoms with van der Waals surface area (Å²) >= 11 is 0. The topological polar surface area (TPSA) is 47.0 Å². The van der Waals surface area contributed by atoms with Crippen molar-refractivity contribution in [2.45, 2.75) is 51.5 Å². The molecule has 0 aromatic heterocycles. The van der Waals surface area contributed by atoms with Gasteiger partial charge in [-0.05, 0) is 58.7 Å². The molecule has 1 amide bonds. The third-order valence-corrected chi connectivity index (χ3v) is 5.15. The molecule has 0 aromatic rings. The summed E-state index contributed by atoms with van der Waals surface area (Å²) in [6.45, 7) is 9.73. The van der Waals surface area contributed by atoms with Crippen LogP contribution in [0.2, 0.25) is 0 Å². The zero-order chi connectivity index (χ0) is 15.8. The molecular weight excluding hydrogens is 278 g/mol. The van der Waals surface area contributed by atoms with E-state index >= 15 is 0 Å². The number of amides is 1. The molecule has 0 spiro atoms. The lowest BCUT2D eigenvalue weighted by Gasteiger charge is -2.35. The van der Waals surface area contributed by atoms with Gasteiger partial charge in [0.25, 0.3) is 0 Å². The molecule has 0 aliphatic carbocycles. The zero-order valence-corrected chi connectivity index (χ0v) is 14.2. The highest BCUT2D eigenvalue weighted by Gasteiger charge is 2.23. The van der Waals surface area contributed by atoms with Gasteiger partial charge in [0.2, 0.25) is 5.91 Å². The molecule has 22 heavy (non-hydrogen) atoms. The second-order valence-corrected chi connectivity index (χ2v) is 6.78. The van der Waals surface area contributed by atoms with E-state index in [0.717, 1.165) is 52.0 Å². The van der Waals surface area contributed by atoms with Crippen LogP contribution in [-0.2, 0) is 4.79 Å². The number of carbonyl (C=O) groups is 1. The molecule has 0 bridgehead atoms. The van der Waals surface area contributed by atoms with E-state index in [0.29, 0.717) is 18.4 Å². The number of hydrogen-bond donors (Lipinski definition) is 1. The molecule has 5 heteroatoms. The predicted octanol–water partition coefficient (Wildman–Crippen LogP) is 1.17. The van der Waals surface area contributed by atoms with Crippen LogP contribution < -0.4 is 0 Å². The fourth-order valence-electron chi connectivity index (χ4n) is 3.52. The van der Waals surface area contributed by atoms with Gasteiger partial charge in [0, 0.05) is 45.2 Å². The Labute approximate surface area is 135 Å². The van der Waals surface area contributed by atoms with E-state index in [2.05, 4.69) is 16.7 Å². The minimum absolute atomic E-state index is 0.285. The van der Waals surface area contributed by atoms with E-state index in [9.17, 15) is 4.79 Å². The van der Waals surface area contributed by atoms with Crippen LogP contribution in [0, 0.1) is 0 Å². The highest BCUT2D eigenvalue weighted by atomic mass is 16.2. The van der Waals surface area contributed by atoms with Crippen LogP contribution in [0.25, 0.3) is 0 Å². The summed E-state index contributed by atoms with van der Waals surface area (Å²) in [6, 6.07) is 0.547. The van der Waals surface area contributed by atoms with Gasteiger partial charge in [-0.25, -0.2) is 0 Å². The van der Waals surface area contributed by atoms with Crippen molar-refractivity contribution in [3.8, 4) is 0 Å². The van der Waals surface area contributed by atoms with E-state index in [4.69, 9.17) is 5.11 Å². The van der Waals surface area contributed by atoms with Crippen LogP contribution in [0.4, 0.5) is 0 Å². The number of aliphatic hydroxyl groups is 1. The molecule has 128 valence electrons. The number of rotatable bonds is 8. The molecule has 0 saturated carbocycles. The van der Waals surface area contributed by atoms with Crippen LogP contribution in [0.15, 0.2) is 0 Å². The van der Waals surface area contributed by atoms with Crippen LogP contribution in [-0.4, -0.2) is 84.2 Å². The van der Waals surface area contributed by atoms with Crippen molar-refractivity contribution in [2.24, 2.45) is 0 Å². The van der Waals surface area contributed by atoms with Crippen LogP contribution in [0.3, 0.4) is 0 Å². The Balaban J connectivity index is 1.60. The second-order valence-electron chi connectivity index (χ2n) is 6.78. The first-order valence-corrected chi connectivity index (χ1v) is 9.05. The molecule has 2 aliphatic rings. The average Bonchev–Trinajstić information content (AvgIpc) is 3.08. The van der Waals surface area contributed by atoms with Crippen molar-refractivity contribution in [1.82, 2.24) is 14.7 Å². The highest BCUT2D eigenvalue weighted by molar-refractivity contribution is 5.76. The quantitative estimate of drug-likeness (QED) is 0.684. The molecule has 2 rings (SSSR count). The number of piperazine rings is 1. The molecule has 1 unspecified atom stereocenters. The molecule has 2 heterocycles. The van der Waals surface area contributed by atoms with Crippen molar-refractivity contribution in [1.29, 1.82) is 0 Å². The average molecular weight is 311 g/mol. The first kappa shape index (κ1) is 17.7. The standard InChI is InChI=1S/C17H33N3O2/c1-16(19-9-2-3-10-19)6-7-17(22)20-13-11-18(12-14-20)8-4-5-15-21/h16,21H,2-15H2,1H3. The lowest BCUT2D eigenvalue weighted by Crippen LogP contribution is -2.49. The van der Waals surface area contributed by atoms with E-state index in [1.807, 2.05) is 4.90 Å². The molecule has 2 saturated heterocycles. The third-order valence-electron chi connectivity index (χ3n) is 5.15. The number of carbonyl (C=O) groups excluding carboxylic acids is 1. The van der Waals surface area contributed by atoms with Crippen molar-refractivity contribution in [2.75, 3.05) is 52.4 Å². The first-order chi connectivity index (χ1) is 10.7. The maximum atomic E-state index is 12.3. The van der Waals surface area contributed by atoms with Crippen LogP contribution in [0.5, 0.6) is 0 Å². The number of nitrogens with zero attached hydrogens (tertiary/aromatic N) is 3. The minimum Gasteiger partial charge on any atom is -0.396 e. The van der Waals surface area contributed by atoms with Gasteiger partial charge in [0.1, 0.15) is 0 Å². The highest BCUT2D eigenvalue weighted by Crippen LogP contribution is 2.16. The smallest absolute Gasteiger partial charge is 0.222 e. The van der Waals surface area contributed by atoms with Crippen LogP contribution in [0.1, 0.15) is 45.4 Å². The fraction of sp³-hybridized carbons (Fsp3) is 0.941. The lowest BCUT2D eigenvalue weighted by atomic mass is 10.1. The monoisotopic (exact) mass is 311 g/mol. The van der Waals surface area contributed by atoms with Gasteiger partial charge in [-0.15, -0.1) is 0 Å². The van der Waals surface area contributed by atoms with Crippen molar-refractivity contribution in [3.05, 3.63) is 0 Å². The zero-order valence-electron chi connectivity index (χ0n) is 14.2. The SMILES string of the molecule is CC(CCC(=O)N1CCN(CCCCO)CC1)N1CCCC1. The summed E-state index contributed by atoms with van der Waals surface area (Å²) in [6.07, 6.45) is 6.26. The summed E-state index contributed by atoms with van der Waals surface area (Å²) < 4.78 is 0. The van der Waals surface area contributed by atoms with Crippen molar-refractivity contribution >= 4 is 5.91 Å². The molecular formula is C17H33N3O2. The molecule has 0 aromatic carbocycles. The normalized spacial score (nSPS) is 22.2. The summed E-state index contributed by atoms with van der Waals surface area (Å²) in [5, 5.41) is 8.82. The predicted molar refractivity (Wildman–Crippen MR) is 88.8 cm³/mol. The Hall–Kier alpha value is -0.650. The minimum atomic E-state index is 0.285. The molecule has 0 radical (unpaired) electrons. The number of aliphatic hydroxyl groups excluding tert-OH is 1. The largest absolute Gasteiger partial charge is 0.396 e. The van der Waals surface area contributed by atoms with Gasteiger partial charge in [-0.2, -0.15) is 0 Å². The van der Waals surface area contributed by atoms with Gasteiger partial charge in [-0.3, -0.25) is 9.69 Å². The summed E-state index contributed by atoms with van der Waals surface area (Å²) in [4.78, 5) is 19.3. The third kappa shape index (κ3) is 5.52. The Morgan fingerprint density at radius 1 is 1.05 bits per heavy atom. The Morgan fingerprint density at radius 2 is 1.73 bits per heavy atom. The fourth-order valence-corrected chi connectivity index (χ4v) is 3.52. The van der Waals surface area contributed by atoms with Gasteiger partial charge >= 0.3 is 0 Å². The number of likely N-dealkylation sites (tertiary alicyclic amines) is 1. The summed E-state index contributed by atoms with van der Waals surface area (Å²) in [5.74, 6) is 0.334. The summed E-state index contributed by atoms with van der Waals surface area (Å²) in [7, 11) is 0. The Kier molecular flexibility index (Phi) is 7.63. The van der Waals surface area contributed by atoms with Gasteiger partial charge < -0.3 is 14.9 Å². The Bertz CT molecular complexity index is 324. The van der Waals surface area contributed by atoms with Gasteiger partial charge in [0.05, 0.1) is 0 Å². The molecule has 1 atom stereocenters. The lowest BCUT2D eigenvalue weighted by molar-refractivity contribution is -0.133. The first-order valence-electron chi connectivity index (χ1n) is 9.05. The van der Waals surface area contributed by atoms with Gasteiger partial charge in [-0.1, -0.05) is 0 Å². The number of hydrogen-bond acceptors (Lipinski definition) is 4. The summed E-state index contributed by atoms with van der Waals surface area (Å²) in [5.41, 5.74) is 0. The second kappa shape index (κ2) is 9.48. The molecule has 5 nitrogen and oxygen atoms in total. The van der Waals surface area contributed by atoms with Crippen molar-refractivity contribution in [3.63, 3.8) is 0 Å². The van der Waals surface area contributed by atoms with E-state index in [-0.39, 0.29) is 6.61 Å². The van der Waals surface area contributed by atoms with Gasteiger partial charge in [0.15, 0.2) is 0 Å². The van der Waals surface area contributed by atoms with E-state index in [1.165, 1.54) is 25.9 Å². The van der Waals surface area contributed by atoms with Crippen molar-refractivity contribution < 1.29 is 9.90 Å². The Morgan fingerprint density at radius 3 is 2.36 bits per heavy atom. The van der Waals surface area contributed by atoms with Crippen LogP contribution >= 0.6 is 0 Å².